The summed E-state index contributed by atoms with van der Waals surface area (Å²) >= 11 is 6.09. The largest absolute Gasteiger partial charge is 0.309 e. The van der Waals surface area contributed by atoms with Crippen molar-refractivity contribution in [3.8, 4) is 0 Å². The van der Waals surface area contributed by atoms with E-state index in [1.807, 2.05) is 32.0 Å². The molecule has 1 aromatic carbocycles. The van der Waals surface area contributed by atoms with E-state index in [4.69, 9.17) is 12.2 Å². The van der Waals surface area contributed by atoms with Gasteiger partial charge in [0.25, 0.3) is 5.91 Å². The molecule has 17 heavy (non-hydrogen) atoms. The van der Waals surface area contributed by atoms with Crippen LogP contribution in [0.25, 0.3) is 0 Å². The van der Waals surface area contributed by atoms with Crippen molar-refractivity contribution < 1.29 is 4.79 Å². The van der Waals surface area contributed by atoms with Crippen LogP contribution in [-0.2, 0) is 4.79 Å². The second-order valence-electron chi connectivity index (χ2n) is 3.75. The van der Waals surface area contributed by atoms with Crippen molar-refractivity contribution in [3.63, 3.8) is 0 Å². The first kappa shape index (κ1) is 12.2. The summed E-state index contributed by atoms with van der Waals surface area (Å²) in [7, 11) is 0. The van der Waals surface area contributed by atoms with E-state index in [1.54, 1.807) is 0 Å². The van der Waals surface area contributed by atoms with Crippen molar-refractivity contribution in [1.29, 1.82) is 0 Å². The highest BCUT2D eigenvalue weighted by Gasteiger charge is 2.28. The number of aryl methyl sites for hydroxylation is 2. The number of azo groups is 1. The SMILES string of the molecule is Cc1ccc(N=NC2SC(=S)NC2=O)c(C)c1. The normalized spacial score (nSPS) is 20.0. The van der Waals surface area contributed by atoms with Gasteiger partial charge >= 0.3 is 0 Å². The number of amides is 1. The van der Waals surface area contributed by atoms with Gasteiger partial charge in [0.1, 0.15) is 4.32 Å². The number of carbonyl (C=O) groups is 1. The highest BCUT2D eigenvalue weighted by atomic mass is 32.2. The zero-order valence-corrected chi connectivity index (χ0v) is 11.1. The average Bonchev–Trinajstić information content (AvgIpc) is 2.56. The van der Waals surface area contributed by atoms with E-state index in [0.29, 0.717) is 4.32 Å². The maximum absolute atomic E-state index is 11.4. The molecule has 1 fully saturated rings. The predicted molar refractivity (Wildman–Crippen MR) is 72.6 cm³/mol. The lowest BCUT2D eigenvalue weighted by Crippen LogP contribution is -2.22. The van der Waals surface area contributed by atoms with Crippen LogP contribution in [-0.4, -0.2) is 15.6 Å². The maximum Gasteiger partial charge on any atom is 0.262 e. The van der Waals surface area contributed by atoms with Gasteiger partial charge in [-0.15, -0.1) is 0 Å². The fourth-order valence-corrected chi connectivity index (χ4v) is 2.45. The van der Waals surface area contributed by atoms with Crippen molar-refractivity contribution in [3.05, 3.63) is 29.3 Å². The Morgan fingerprint density at radius 1 is 1.41 bits per heavy atom. The molecule has 1 atom stereocenters. The van der Waals surface area contributed by atoms with Gasteiger partial charge in [-0.2, -0.15) is 10.2 Å². The molecule has 1 saturated heterocycles. The van der Waals surface area contributed by atoms with Crippen LogP contribution in [0.3, 0.4) is 0 Å². The standard InChI is InChI=1S/C11H11N3OS2/c1-6-3-4-8(7(2)5-6)13-14-10-9(15)12-11(16)17-10/h3-5,10H,1-2H3,(H,12,15,16). The molecule has 0 spiro atoms. The number of hydrogen-bond donors (Lipinski definition) is 1. The first-order valence-electron chi connectivity index (χ1n) is 5.06. The van der Waals surface area contributed by atoms with E-state index in [1.165, 1.54) is 17.3 Å². The molecule has 1 amide bonds. The summed E-state index contributed by atoms with van der Waals surface area (Å²) in [5.41, 5.74) is 3.00. The van der Waals surface area contributed by atoms with Crippen LogP contribution in [0.1, 0.15) is 11.1 Å². The number of nitrogens with one attached hydrogen (secondary N) is 1. The molecule has 0 saturated carbocycles. The van der Waals surface area contributed by atoms with Gasteiger partial charge in [-0.3, -0.25) is 4.79 Å². The Hall–Kier alpha value is -1.27. The highest BCUT2D eigenvalue weighted by molar-refractivity contribution is 8.24. The second-order valence-corrected chi connectivity index (χ2v) is 5.51. The summed E-state index contributed by atoms with van der Waals surface area (Å²) in [6.45, 7) is 3.99. The number of nitrogens with zero attached hydrogens (tertiary/aromatic N) is 2. The topological polar surface area (TPSA) is 53.8 Å². The van der Waals surface area contributed by atoms with Crippen molar-refractivity contribution in [2.24, 2.45) is 10.2 Å². The third kappa shape index (κ3) is 2.89. The van der Waals surface area contributed by atoms with Gasteiger partial charge in [-0.25, -0.2) is 0 Å². The van der Waals surface area contributed by atoms with Gasteiger partial charge in [0.05, 0.1) is 5.69 Å². The lowest BCUT2D eigenvalue weighted by atomic mass is 10.1. The van der Waals surface area contributed by atoms with Gasteiger partial charge in [-0.05, 0) is 25.5 Å². The smallest absolute Gasteiger partial charge is 0.262 e. The highest BCUT2D eigenvalue weighted by Crippen LogP contribution is 2.25. The van der Waals surface area contributed by atoms with E-state index in [2.05, 4.69) is 15.5 Å². The molecule has 1 aromatic rings. The number of hydrogen-bond acceptors (Lipinski definition) is 5. The molecule has 1 aliphatic heterocycles. The van der Waals surface area contributed by atoms with E-state index in [-0.39, 0.29) is 5.91 Å². The van der Waals surface area contributed by atoms with Gasteiger partial charge in [0.2, 0.25) is 5.37 Å². The molecule has 88 valence electrons. The minimum Gasteiger partial charge on any atom is -0.309 e. The molecule has 1 unspecified atom stereocenters. The Morgan fingerprint density at radius 2 is 2.18 bits per heavy atom. The molecular formula is C11H11N3OS2. The number of benzene rings is 1. The van der Waals surface area contributed by atoms with Crippen molar-refractivity contribution in [1.82, 2.24) is 5.32 Å². The maximum atomic E-state index is 11.4. The Balaban J connectivity index is 2.15. The van der Waals surface area contributed by atoms with Crippen LogP contribution >= 0.6 is 24.0 Å². The monoisotopic (exact) mass is 265 g/mol. The van der Waals surface area contributed by atoms with Crippen molar-refractivity contribution >= 4 is 39.9 Å². The summed E-state index contributed by atoms with van der Waals surface area (Å²) in [6.07, 6.45) is 0. The predicted octanol–water partition coefficient (Wildman–Crippen LogP) is 2.86. The molecule has 0 aliphatic carbocycles. The Morgan fingerprint density at radius 3 is 2.76 bits per heavy atom. The molecule has 4 nitrogen and oxygen atoms in total. The third-order valence-corrected chi connectivity index (χ3v) is 3.53. The van der Waals surface area contributed by atoms with E-state index < -0.39 is 5.37 Å². The molecule has 1 aliphatic rings. The van der Waals surface area contributed by atoms with Crippen LogP contribution in [0, 0.1) is 13.8 Å². The molecule has 6 heteroatoms. The Kier molecular flexibility index (Phi) is 3.54. The summed E-state index contributed by atoms with van der Waals surface area (Å²) in [5.74, 6) is -0.200. The van der Waals surface area contributed by atoms with Crippen molar-refractivity contribution in [2.45, 2.75) is 19.2 Å². The van der Waals surface area contributed by atoms with Crippen LogP contribution in [0.5, 0.6) is 0 Å². The second kappa shape index (κ2) is 4.93. The minimum atomic E-state index is -0.553. The van der Waals surface area contributed by atoms with Gasteiger partial charge < -0.3 is 5.32 Å². The zero-order chi connectivity index (χ0) is 12.4. The molecule has 0 radical (unpaired) electrons. The zero-order valence-electron chi connectivity index (χ0n) is 9.43. The molecular weight excluding hydrogens is 254 g/mol. The fraction of sp³-hybridized carbons (Fsp3) is 0.273. The number of rotatable bonds is 2. The molecule has 0 aromatic heterocycles. The Labute approximate surface area is 109 Å². The minimum absolute atomic E-state index is 0.200. The summed E-state index contributed by atoms with van der Waals surface area (Å²) in [6, 6.07) is 5.89. The van der Waals surface area contributed by atoms with E-state index >= 15 is 0 Å². The van der Waals surface area contributed by atoms with Crippen LogP contribution in [0.2, 0.25) is 0 Å². The lowest BCUT2D eigenvalue weighted by Gasteiger charge is -2.01. The van der Waals surface area contributed by atoms with E-state index in [9.17, 15) is 4.79 Å². The van der Waals surface area contributed by atoms with Gasteiger partial charge in [0.15, 0.2) is 0 Å². The first-order chi connectivity index (χ1) is 8.06. The van der Waals surface area contributed by atoms with Crippen LogP contribution in [0.4, 0.5) is 5.69 Å². The van der Waals surface area contributed by atoms with Crippen LogP contribution in [0.15, 0.2) is 28.4 Å². The average molecular weight is 265 g/mol. The number of thiocarbonyl (C=S) groups is 1. The molecule has 0 bridgehead atoms. The first-order valence-corrected chi connectivity index (χ1v) is 6.34. The number of carbonyl (C=O) groups excluding carboxylic acids is 1. The van der Waals surface area contributed by atoms with Crippen molar-refractivity contribution in [2.75, 3.05) is 0 Å². The molecule has 1 heterocycles. The number of thioether (sulfide) groups is 1. The van der Waals surface area contributed by atoms with Gasteiger partial charge in [0, 0.05) is 0 Å². The quantitative estimate of drug-likeness (QED) is 0.661. The summed E-state index contributed by atoms with van der Waals surface area (Å²) < 4.78 is 0.458. The van der Waals surface area contributed by atoms with E-state index in [0.717, 1.165) is 11.3 Å². The summed E-state index contributed by atoms with van der Waals surface area (Å²) in [5, 5.41) is 10.1. The molecule has 1 N–H and O–H groups in total. The fourth-order valence-electron chi connectivity index (χ4n) is 1.45. The Bertz CT molecular complexity index is 513. The third-order valence-electron chi connectivity index (χ3n) is 2.29. The summed E-state index contributed by atoms with van der Waals surface area (Å²) in [4.78, 5) is 11.4. The van der Waals surface area contributed by atoms with Gasteiger partial charge in [-0.1, -0.05) is 41.7 Å². The van der Waals surface area contributed by atoms with Crippen LogP contribution < -0.4 is 5.32 Å². The molecule has 2 rings (SSSR count). The lowest BCUT2D eigenvalue weighted by molar-refractivity contribution is -0.118.